The Morgan fingerprint density at radius 3 is 2.76 bits per heavy atom. The molecular formula is C11H14N4O2. The van der Waals surface area contributed by atoms with Gasteiger partial charge in [-0.1, -0.05) is 5.16 Å². The molecule has 1 amide bonds. The van der Waals surface area contributed by atoms with E-state index in [-0.39, 0.29) is 17.3 Å². The molecule has 1 saturated carbocycles. The van der Waals surface area contributed by atoms with Crippen molar-refractivity contribution in [2.45, 2.75) is 25.3 Å². The standard InChI is InChI=1S/C11H14N4O2/c1-11(4-5-11)14-10(16)8-3-2-7(6-13-8)9(12)15-17/h2-3,6,17H,4-5H2,1H3,(H2,12,15)(H,14,16). The van der Waals surface area contributed by atoms with E-state index >= 15 is 0 Å². The number of oxime groups is 1. The van der Waals surface area contributed by atoms with Gasteiger partial charge in [-0.3, -0.25) is 9.78 Å². The molecule has 1 aromatic heterocycles. The van der Waals surface area contributed by atoms with E-state index in [2.05, 4.69) is 15.5 Å². The molecule has 0 bridgehead atoms. The van der Waals surface area contributed by atoms with E-state index in [0.717, 1.165) is 12.8 Å². The van der Waals surface area contributed by atoms with Crippen LogP contribution in [0.5, 0.6) is 0 Å². The molecule has 0 atom stereocenters. The number of hydrogen-bond donors (Lipinski definition) is 3. The lowest BCUT2D eigenvalue weighted by Crippen LogP contribution is -2.34. The first-order valence-electron chi connectivity index (χ1n) is 5.30. The highest BCUT2D eigenvalue weighted by Crippen LogP contribution is 2.34. The minimum atomic E-state index is -0.198. The molecule has 2 rings (SSSR count). The lowest BCUT2D eigenvalue weighted by atomic mass is 10.2. The summed E-state index contributed by atoms with van der Waals surface area (Å²) in [5, 5.41) is 14.2. The maximum Gasteiger partial charge on any atom is 0.270 e. The fraction of sp³-hybridized carbons (Fsp3) is 0.364. The molecule has 17 heavy (non-hydrogen) atoms. The van der Waals surface area contributed by atoms with E-state index < -0.39 is 0 Å². The quantitative estimate of drug-likeness (QED) is 0.306. The molecule has 4 N–H and O–H groups in total. The summed E-state index contributed by atoms with van der Waals surface area (Å²) in [6.07, 6.45) is 3.40. The minimum absolute atomic E-state index is 0.0291. The summed E-state index contributed by atoms with van der Waals surface area (Å²) >= 11 is 0. The van der Waals surface area contributed by atoms with Crippen LogP contribution in [-0.2, 0) is 0 Å². The van der Waals surface area contributed by atoms with Gasteiger partial charge < -0.3 is 16.3 Å². The smallest absolute Gasteiger partial charge is 0.270 e. The monoisotopic (exact) mass is 234 g/mol. The van der Waals surface area contributed by atoms with Crippen LogP contribution in [0.3, 0.4) is 0 Å². The summed E-state index contributed by atoms with van der Waals surface area (Å²) < 4.78 is 0. The Labute approximate surface area is 98.5 Å². The third-order valence-corrected chi connectivity index (χ3v) is 2.81. The molecule has 1 fully saturated rings. The first kappa shape index (κ1) is 11.4. The van der Waals surface area contributed by atoms with E-state index in [1.165, 1.54) is 6.20 Å². The van der Waals surface area contributed by atoms with Crippen molar-refractivity contribution in [1.82, 2.24) is 10.3 Å². The first-order valence-corrected chi connectivity index (χ1v) is 5.30. The molecule has 6 nitrogen and oxygen atoms in total. The molecule has 1 aliphatic rings. The minimum Gasteiger partial charge on any atom is -0.409 e. The molecule has 0 aromatic carbocycles. The van der Waals surface area contributed by atoms with Gasteiger partial charge in [-0.25, -0.2) is 0 Å². The van der Waals surface area contributed by atoms with Crippen molar-refractivity contribution in [3.05, 3.63) is 29.6 Å². The number of aromatic nitrogens is 1. The first-order chi connectivity index (χ1) is 8.04. The number of amides is 1. The Kier molecular flexibility index (Phi) is 2.71. The number of nitrogens with two attached hydrogens (primary N) is 1. The average Bonchev–Trinajstić information content (AvgIpc) is 3.06. The highest BCUT2D eigenvalue weighted by molar-refractivity contribution is 5.98. The van der Waals surface area contributed by atoms with E-state index in [1.807, 2.05) is 6.92 Å². The van der Waals surface area contributed by atoms with Crippen LogP contribution in [0.4, 0.5) is 0 Å². The topological polar surface area (TPSA) is 101 Å². The van der Waals surface area contributed by atoms with E-state index in [9.17, 15) is 4.79 Å². The Hall–Kier alpha value is -2.11. The molecule has 0 unspecified atom stereocenters. The maximum absolute atomic E-state index is 11.8. The lowest BCUT2D eigenvalue weighted by molar-refractivity contribution is 0.0930. The van der Waals surface area contributed by atoms with Crippen LogP contribution in [0, 0.1) is 0 Å². The van der Waals surface area contributed by atoms with Crippen molar-refractivity contribution in [2.24, 2.45) is 10.9 Å². The van der Waals surface area contributed by atoms with Crippen molar-refractivity contribution < 1.29 is 10.0 Å². The Morgan fingerprint density at radius 2 is 2.29 bits per heavy atom. The third-order valence-electron chi connectivity index (χ3n) is 2.81. The van der Waals surface area contributed by atoms with E-state index in [1.54, 1.807) is 12.1 Å². The van der Waals surface area contributed by atoms with E-state index in [4.69, 9.17) is 10.9 Å². The van der Waals surface area contributed by atoms with E-state index in [0.29, 0.717) is 11.3 Å². The van der Waals surface area contributed by atoms with Crippen LogP contribution in [0.15, 0.2) is 23.5 Å². The van der Waals surface area contributed by atoms with Gasteiger partial charge in [0.25, 0.3) is 5.91 Å². The number of nitrogens with one attached hydrogen (secondary N) is 1. The van der Waals surface area contributed by atoms with Crippen molar-refractivity contribution >= 4 is 11.7 Å². The molecule has 0 aliphatic heterocycles. The van der Waals surface area contributed by atoms with Gasteiger partial charge in [-0.2, -0.15) is 0 Å². The molecule has 1 aromatic rings. The van der Waals surface area contributed by atoms with Gasteiger partial charge in [0.05, 0.1) is 0 Å². The van der Waals surface area contributed by atoms with Crippen LogP contribution >= 0.6 is 0 Å². The van der Waals surface area contributed by atoms with Crippen LogP contribution in [0.1, 0.15) is 35.8 Å². The Morgan fingerprint density at radius 1 is 1.59 bits per heavy atom. The van der Waals surface area contributed by atoms with Crippen LogP contribution in [0.25, 0.3) is 0 Å². The predicted octanol–water partition coefficient (Wildman–Crippen LogP) is 0.458. The maximum atomic E-state index is 11.8. The number of pyridine rings is 1. The number of rotatable bonds is 3. The molecule has 1 aliphatic carbocycles. The zero-order valence-corrected chi connectivity index (χ0v) is 9.47. The average molecular weight is 234 g/mol. The molecule has 0 saturated heterocycles. The van der Waals surface area contributed by atoms with Crippen molar-refractivity contribution in [2.75, 3.05) is 0 Å². The van der Waals surface area contributed by atoms with Crippen LogP contribution < -0.4 is 11.1 Å². The number of carbonyl (C=O) groups is 1. The van der Waals surface area contributed by atoms with Gasteiger partial charge in [-0.05, 0) is 31.9 Å². The summed E-state index contributed by atoms with van der Waals surface area (Å²) in [5.41, 5.74) is 6.13. The second-order valence-corrected chi connectivity index (χ2v) is 4.43. The second kappa shape index (κ2) is 4.04. The van der Waals surface area contributed by atoms with Gasteiger partial charge in [0.15, 0.2) is 5.84 Å². The second-order valence-electron chi connectivity index (χ2n) is 4.43. The van der Waals surface area contributed by atoms with Crippen LogP contribution in [-0.4, -0.2) is 27.5 Å². The summed E-state index contributed by atoms with van der Waals surface area (Å²) in [5.74, 6) is -0.227. The van der Waals surface area contributed by atoms with Gasteiger partial charge in [0.2, 0.25) is 0 Å². The summed E-state index contributed by atoms with van der Waals surface area (Å²) in [6.45, 7) is 2.00. The number of carbonyl (C=O) groups excluding carboxylic acids is 1. The fourth-order valence-electron chi connectivity index (χ4n) is 1.39. The highest BCUT2D eigenvalue weighted by atomic mass is 16.4. The molecule has 6 heteroatoms. The molecule has 1 heterocycles. The number of amidine groups is 1. The molecule has 90 valence electrons. The molecular weight excluding hydrogens is 220 g/mol. The fourth-order valence-corrected chi connectivity index (χ4v) is 1.39. The van der Waals surface area contributed by atoms with Crippen molar-refractivity contribution in [1.29, 1.82) is 0 Å². The zero-order chi connectivity index (χ0) is 12.5. The summed E-state index contributed by atoms with van der Waals surface area (Å²) in [4.78, 5) is 15.7. The Balaban J connectivity index is 2.09. The van der Waals surface area contributed by atoms with Gasteiger partial charge >= 0.3 is 0 Å². The lowest BCUT2D eigenvalue weighted by Gasteiger charge is -2.10. The normalized spacial score (nSPS) is 17.6. The predicted molar refractivity (Wildman–Crippen MR) is 61.9 cm³/mol. The molecule has 0 spiro atoms. The van der Waals surface area contributed by atoms with Gasteiger partial charge in [0, 0.05) is 17.3 Å². The summed E-state index contributed by atoms with van der Waals surface area (Å²) in [7, 11) is 0. The van der Waals surface area contributed by atoms with Gasteiger partial charge in [0.1, 0.15) is 5.69 Å². The summed E-state index contributed by atoms with van der Waals surface area (Å²) in [6, 6.07) is 3.14. The van der Waals surface area contributed by atoms with Crippen LogP contribution in [0.2, 0.25) is 0 Å². The SMILES string of the molecule is CC1(NC(=O)c2ccc(/C(N)=N/O)cn2)CC1. The number of nitrogens with zero attached hydrogens (tertiary/aromatic N) is 2. The largest absolute Gasteiger partial charge is 0.409 e. The van der Waals surface area contributed by atoms with Gasteiger partial charge in [-0.15, -0.1) is 0 Å². The van der Waals surface area contributed by atoms with Crippen molar-refractivity contribution in [3.63, 3.8) is 0 Å². The van der Waals surface area contributed by atoms with Crippen molar-refractivity contribution in [3.8, 4) is 0 Å². The molecule has 0 radical (unpaired) electrons. The highest BCUT2D eigenvalue weighted by Gasteiger charge is 2.38. The number of hydrogen-bond acceptors (Lipinski definition) is 4. The third kappa shape index (κ3) is 2.52. The Bertz CT molecular complexity index is 463. The zero-order valence-electron chi connectivity index (χ0n) is 9.47.